The van der Waals surface area contributed by atoms with Gasteiger partial charge in [-0.05, 0) is 38.5 Å². The summed E-state index contributed by atoms with van der Waals surface area (Å²) in [7, 11) is 1.19. The number of esters is 2. The molecule has 9 nitrogen and oxygen atoms in total. The maximum atomic E-state index is 12.9. The lowest BCUT2D eigenvalue weighted by Crippen LogP contribution is -2.37. The molecule has 0 aromatic carbocycles. The number of likely N-dealkylation sites (N-methyl/N-ethyl adjacent to an activating group) is 1. The number of carbonyl (C=O) groups is 2. The van der Waals surface area contributed by atoms with Gasteiger partial charge in [-0.15, -0.1) is 0 Å². The van der Waals surface area contributed by atoms with E-state index in [1.165, 1.54) is 308 Å². The number of phosphoric acid groups is 1. The van der Waals surface area contributed by atoms with Crippen molar-refractivity contribution in [2.75, 3.05) is 47.5 Å². The fraction of sp³-hybridized carbons (Fsp3) is 0.943. The van der Waals surface area contributed by atoms with E-state index in [4.69, 9.17) is 18.5 Å². The van der Waals surface area contributed by atoms with E-state index in [2.05, 4.69) is 26.0 Å². The van der Waals surface area contributed by atoms with Crippen LogP contribution in [0.4, 0.5) is 0 Å². The van der Waals surface area contributed by atoms with E-state index >= 15 is 0 Å². The van der Waals surface area contributed by atoms with Crippen LogP contribution in [0.1, 0.15) is 373 Å². The molecule has 476 valence electrons. The van der Waals surface area contributed by atoms with Gasteiger partial charge < -0.3 is 27.9 Å². The summed E-state index contributed by atoms with van der Waals surface area (Å²) in [5, 5.41) is 0. The van der Waals surface area contributed by atoms with Gasteiger partial charge in [0.15, 0.2) is 6.10 Å². The van der Waals surface area contributed by atoms with Gasteiger partial charge in [0.1, 0.15) is 19.8 Å². The fourth-order valence-corrected chi connectivity index (χ4v) is 11.6. The molecule has 0 amide bonds. The van der Waals surface area contributed by atoms with Crippen molar-refractivity contribution in [1.29, 1.82) is 0 Å². The van der Waals surface area contributed by atoms with Crippen LogP contribution in [-0.2, 0) is 32.7 Å². The normalized spacial score (nSPS) is 13.1. The Labute approximate surface area is 498 Å². The zero-order valence-corrected chi connectivity index (χ0v) is 55.2. The summed E-state index contributed by atoms with van der Waals surface area (Å²) in [5.41, 5.74) is 0. The van der Waals surface area contributed by atoms with Crippen LogP contribution in [0.3, 0.4) is 0 Å². The molecule has 0 aliphatic heterocycles. The first-order chi connectivity index (χ1) is 39.0. The van der Waals surface area contributed by atoms with Crippen molar-refractivity contribution in [2.45, 2.75) is 380 Å². The van der Waals surface area contributed by atoms with Gasteiger partial charge in [-0.3, -0.25) is 14.2 Å². The number of phosphoric ester groups is 1. The van der Waals surface area contributed by atoms with E-state index in [-0.39, 0.29) is 32.0 Å². The number of unbranched alkanes of at least 4 members (excludes halogenated alkanes) is 51. The highest BCUT2D eigenvalue weighted by molar-refractivity contribution is 7.45. The Morgan fingerprint density at radius 2 is 0.637 bits per heavy atom. The van der Waals surface area contributed by atoms with Crippen LogP contribution in [0.15, 0.2) is 12.2 Å². The topological polar surface area (TPSA) is 111 Å². The molecule has 0 aliphatic carbocycles. The third kappa shape index (κ3) is 65.9. The first-order valence-corrected chi connectivity index (χ1v) is 36.9. The second-order valence-corrected chi connectivity index (χ2v) is 27.0. The minimum Gasteiger partial charge on any atom is -0.756 e. The molecular weight excluding hydrogens is 1010 g/mol. The lowest BCUT2D eigenvalue weighted by atomic mass is 10.0. The second kappa shape index (κ2) is 62.3. The maximum Gasteiger partial charge on any atom is 0.306 e. The van der Waals surface area contributed by atoms with Gasteiger partial charge in [0.05, 0.1) is 27.7 Å². The van der Waals surface area contributed by atoms with E-state index < -0.39 is 26.5 Å². The molecule has 0 bridgehead atoms. The van der Waals surface area contributed by atoms with Gasteiger partial charge in [0.25, 0.3) is 7.82 Å². The first kappa shape index (κ1) is 78.8. The standard InChI is InChI=1S/C70H138NO8P/c1-6-8-10-12-14-16-18-20-22-24-26-28-30-32-34-35-37-39-41-43-45-47-49-51-53-55-57-59-61-63-70(73)79-68(67-78-80(74,75)77-65-64-71(3,4)5)66-76-69(72)62-60-58-56-54-52-50-48-46-44-42-40-38-36-33-31-29-27-25-23-21-19-17-15-13-11-9-7-2/h24,26,68H,6-23,25,27-67H2,1-5H3/b26-24-. The Morgan fingerprint density at radius 3 is 0.925 bits per heavy atom. The van der Waals surface area contributed by atoms with Crippen molar-refractivity contribution in [1.82, 2.24) is 0 Å². The van der Waals surface area contributed by atoms with Crippen molar-refractivity contribution in [3.8, 4) is 0 Å². The first-order valence-electron chi connectivity index (χ1n) is 35.4. The van der Waals surface area contributed by atoms with Crippen molar-refractivity contribution in [3.63, 3.8) is 0 Å². The molecule has 0 saturated carbocycles. The third-order valence-corrected chi connectivity index (χ3v) is 17.2. The SMILES string of the molecule is CCCCCCCCCC/C=C\CCCCCCCCCCCCCCCCCCCC(=O)OC(COC(=O)CCCCCCCCCCCCCCCCCCCCCCCCCCCCC)COP(=O)([O-])OCC[N+](C)(C)C. The summed E-state index contributed by atoms with van der Waals surface area (Å²) in [4.78, 5) is 38.1. The molecule has 0 saturated heterocycles. The molecule has 0 fully saturated rings. The number of quaternary nitrogens is 1. The summed E-state index contributed by atoms with van der Waals surface area (Å²) < 4.78 is 34.3. The maximum absolute atomic E-state index is 12.9. The van der Waals surface area contributed by atoms with E-state index in [0.29, 0.717) is 17.4 Å². The molecule has 0 N–H and O–H groups in total. The van der Waals surface area contributed by atoms with Crippen LogP contribution < -0.4 is 4.89 Å². The molecule has 0 aromatic heterocycles. The Hall–Kier alpha value is -1.25. The minimum atomic E-state index is -4.64. The van der Waals surface area contributed by atoms with Crippen molar-refractivity contribution in [2.24, 2.45) is 0 Å². The van der Waals surface area contributed by atoms with Gasteiger partial charge in [-0.2, -0.15) is 0 Å². The number of nitrogens with zero attached hydrogens (tertiary/aromatic N) is 1. The van der Waals surface area contributed by atoms with Crippen molar-refractivity contribution >= 4 is 19.8 Å². The highest BCUT2D eigenvalue weighted by Crippen LogP contribution is 2.38. The molecule has 2 unspecified atom stereocenters. The number of rotatable bonds is 67. The largest absolute Gasteiger partial charge is 0.756 e. The smallest absolute Gasteiger partial charge is 0.306 e. The Balaban J connectivity index is 3.98. The molecular formula is C70H138NO8P. The summed E-state index contributed by atoms with van der Waals surface area (Å²) in [6.45, 7) is 4.33. The lowest BCUT2D eigenvalue weighted by molar-refractivity contribution is -0.870. The Bertz CT molecular complexity index is 1350. The molecule has 0 aliphatic rings. The lowest BCUT2D eigenvalue weighted by Gasteiger charge is -2.28. The van der Waals surface area contributed by atoms with E-state index in [0.717, 1.165) is 32.1 Å². The molecule has 0 aromatic rings. The molecule has 2 atom stereocenters. The Morgan fingerprint density at radius 1 is 0.375 bits per heavy atom. The molecule has 10 heteroatoms. The number of hydrogen-bond donors (Lipinski definition) is 0. The fourth-order valence-electron chi connectivity index (χ4n) is 10.8. The third-order valence-electron chi connectivity index (χ3n) is 16.3. The van der Waals surface area contributed by atoms with E-state index in [9.17, 15) is 19.0 Å². The van der Waals surface area contributed by atoms with Crippen LogP contribution in [0.25, 0.3) is 0 Å². The van der Waals surface area contributed by atoms with Crippen molar-refractivity contribution < 1.29 is 42.1 Å². The summed E-state index contributed by atoms with van der Waals surface area (Å²) in [6, 6.07) is 0. The molecule has 0 radical (unpaired) electrons. The average molecular weight is 1150 g/mol. The highest BCUT2D eigenvalue weighted by Gasteiger charge is 2.22. The predicted molar refractivity (Wildman–Crippen MR) is 342 cm³/mol. The van der Waals surface area contributed by atoms with Crippen LogP contribution in [0, 0.1) is 0 Å². The molecule has 0 spiro atoms. The summed E-state index contributed by atoms with van der Waals surface area (Å²) in [6.07, 6.45) is 75.9. The quantitative estimate of drug-likeness (QED) is 0.0195. The zero-order valence-electron chi connectivity index (χ0n) is 54.3. The van der Waals surface area contributed by atoms with Crippen LogP contribution in [-0.4, -0.2) is 70.0 Å². The van der Waals surface area contributed by atoms with Crippen LogP contribution in [0.2, 0.25) is 0 Å². The molecule has 0 rings (SSSR count). The van der Waals surface area contributed by atoms with Gasteiger partial charge in [-0.25, -0.2) is 0 Å². The van der Waals surface area contributed by atoms with Crippen LogP contribution in [0.5, 0.6) is 0 Å². The number of hydrogen-bond acceptors (Lipinski definition) is 8. The monoisotopic (exact) mass is 1150 g/mol. The zero-order chi connectivity index (χ0) is 58.4. The minimum absolute atomic E-state index is 0.0260. The summed E-state index contributed by atoms with van der Waals surface area (Å²) in [5.74, 6) is -0.806. The van der Waals surface area contributed by atoms with Crippen molar-refractivity contribution in [3.05, 3.63) is 12.2 Å². The number of allylic oxidation sites excluding steroid dienone is 2. The number of carbonyl (C=O) groups excluding carboxylic acids is 2. The molecule has 0 heterocycles. The van der Waals surface area contributed by atoms with Gasteiger partial charge in [-0.1, -0.05) is 334 Å². The van der Waals surface area contributed by atoms with Gasteiger partial charge in [0, 0.05) is 12.8 Å². The van der Waals surface area contributed by atoms with E-state index in [1.54, 1.807) is 0 Å². The summed E-state index contributed by atoms with van der Waals surface area (Å²) >= 11 is 0. The predicted octanol–water partition coefficient (Wildman–Crippen LogP) is 22.1. The highest BCUT2D eigenvalue weighted by atomic mass is 31.2. The van der Waals surface area contributed by atoms with Gasteiger partial charge in [0.2, 0.25) is 0 Å². The van der Waals surface area contributed by atoms with Gasteiger partial charge >= 0.3 is 11.9 Å². The average Bonchev–Trinajstić information content (AvgIpc) is 3.42. The van der Waals surface area contributed by atoms with E-state index in [1.807, 2.05) is 21.1 Å². The molecule has 80 heavy (non-hydrogen) atoms. The Kier molecular flexibility index (Phi) is 61.3. The second-order valence-electron chi connectivity index (χ2n) is 25.6. The number of ether oxygens (including phenoxy) is 2. The van der Waals surface area contributed by atoms with Crippen LogP contribution >= 0.6 is 7.82 Å².